The molecule has 82 valence electrons. The standard InChI is InChI=1S/C12H14N4/c1-9-2-4-10(5-3-9)12-8-16(15-14-12)11-6-13-7-11/h2-5,8,11,13H,6-7H2,1H3. The average Bonchev–Trinajstić information content (AvgIpc) is 2.65. The van der Waals surface area contributed by atoms with Crippen LogP contribution in [0.5, 0.6) is 0 Å². The molecule has 0 amide bonds. The molecule has 0 aliphatic carbocycles. The van der Waals surface area contributed by atoms with Gasteiger partial charge in [0.1, 0.15) is 5.69 Å². The Morgan fingerprint density at radius 2 is 2.00 bits per heavy atom. The summed E-state index contributed by atoms with van der Waals surface area (Å²) in [6.07, 6.45) is 2.02. The molecule has 4 nitrogen and oxygen atoms in total. The molecule has 16 heavy (non-hydrogen) atoms. The molecule has 1 aromatic heterocycles. The van der Waals surface area contributed by atoms with E-state index in [4.69, 9.17) is 0 Å². The maximum absolute atomic E-state index is 4.20. The Labute approximate surface area is 94.3 Å². The van der Waals surface area contributed by atoms with E-state index in [2.05, 4.69) is 46.8 Å². The highest BCUT2D eigenvalue weighted by Gasteiger charge is 2.20. The van der Waals surface area contributed by atoms with Crippen LogP contribution in [-0.4, -0.2) is 28.1 Å². The molecule has 1 aromatic carbocycles. The summed E-state index contributed by atoms with van der Waals surface area (Å²) in [7, 11) is 0. The SMILES string of the molecule is Cc1ccc(-c2cn(C3CNC3)nn2)cc1. The van der Waals surface area contributed by atoms with E-state index in [-0.39, 0.29) is 0 Å². The number of rotatable bonds is 2. The first kappa shape index (κ1) is 9.54. The molecule has 3 rings (SSSR count). The van der Waals surface area contributed by atoms with Crippen molar-refractivity contribution in [2.75, 3.05) is 13.1 Å². The van der Waals surface area contributed by atoms with Crippen molar-refractivity contribution in [3.63, 3.8) is 0 Å². The molecule has 1 fully saturated rings. The lowest BCUT2D eigenvalue weighted by atomic mass is 10.1. The molecular weight excluding hydrogens is 200 g/mol. The van der Waals surface area contributed by atoms with Crippen LogP contribution < -0.4 is 5.32 Å². The van der Waals surface area contributed by atoms with Crippen molar-refractivity contribution in [3.05, 3.63) is 36.0 Å². The number of aromatic nitrogens is 3. The van der Waals surface area contributed by atoms with Crippen LogP contribution in [0, 0.1) is 6.92 Å². The minimum absolute atomic E-state index is 0.478. The second-order valence-electron chi connectivity index (χ2n) is 4.26. The van der Waals surface area contributed by atoms with Crippen molar-refractivity contribution < 1.29 is 0 Å². The van der Waals surface area contributed by atoms with Gasteiger partial charge in [-0.2, -0.15) is 0 Å². The van der Waals surface area contributed by atoms with Gasteiger partial charge >= 0.3 is 0 Å². The fraction of sp³-hybridized carbons (Fsp3) is 0.333. The fourth-order valence-corrected chi connectivity index (χ4v) is 1.77. The van der Waals surface area contributed by atoms with Gasteiger partial charge in [-0.05, 0) is 6.92 Å². The first-order chi connectivity index (χ1) is 7.83. The highest BCUT2D eigenvalue weighted by atomic mass is 15.4. The molecule has 0 radical (unpaired) electrons. The molecule has 0 atom stereocenters. The molecule has 0 spiro atoms. The van der Waals surface area contributed by atoms with Crippen LogP contribution in [0.3, 0.4) is 0 Å². The van der Waals surface area contributed by atoms with E-state index >= 15 is 0 Å². The molecule has 1 N–H and O–H groups in total. The summed E-state index contributed by atoms with van der Waals surface area (Å²) < 4.78 is 1.95. The van der Waals surface area contributed by atoms with E-state index in [1.807, 2.05) is 10.9 Å². The fourth-order valence-electron chi connectivity index (χ4n) is 1.77. The minimum Gasteiger partial charge on any atom is -0.312 e. The van der Waals surface area contributed by atoms with Gasteiger partial charge in [0, 0.05) is 18.7 Å². The first-order valence-electron chi connectivity index (χ1n) is 5.52. The van der Waals surface area contributed by atoms with Gasteiger partial charge in [-0.1, -0.05) is 35.0 Å². The van der Waals surface area contributed by atoms with Crippen LogP contribution >= 0.6 is 0 Å². The van der Waals surface area contributed by atoms with E-state index < -0.39 is 0 Å². The lowest BCUT2D eigenvalue weighted by Gasteiger charge is -2.26. The Bertz CT molecular complexity index is 482. The third-order valence-electron chi connectivity index (χ3n) is 2.99. The number of nitrogens with one attached hydrogen (secondary N) is 1. The molecule has 1 aliphatic heterocycles. The third kappa shape index (κ3) is 1.61. The Kier molecular flexibility index (Phi) is 2.22. The summed E-state index contributed by atoms with van der Waals surface area (Å²) in [4.78, 5) is 0. The molecule has 2 aromatic rings. The molecule has 0 saturated carbocycles. The summed E-state index contributed by atoms with van der Waals surface area (Å²) >= 11 is 0. The largest absolute Gasteiger partial charge is 0.312 e. The first-order valence-corrected chi connectivity index (χ1v) is 5.52. The van der Waals surface area contributed by atoms with Gasteiger partial charge in [-0.25, -0.2) is 4.68 Å². The van der Waals surface area contributed by atoms with Crippen molar-refractivity contribution >= 4 is 0 Å². The molecule has 1 aliphatic rings. The average molecular weight is 214 g/mol. The van der Waals surface area contributed by atoms with Crippen molar-refractivity contribution in [2.24, 2.45) is 0 Å². The molecule has 0 unspecified atom stereocenters. The Morgan fingerprint density at radius 3 is 2.62 bits per heavy atom. The number of aryl methyl sites for hydroxylation is 1. The zero-order chi connectivity index (χ0) is 11.0. The minimum atomic E-state index is 0.478. The highest BCUT2D eigenvalue weighted by molar-refractivity contribution is 5.57. The van der Waals surface area contributed by atoms with Gasteiger partial charge in [0.2, 0.25) is 0 Å². The quantitative estimate of drug-likeness (QED) is 0.821. The van der Waals surface area contributed by atoms with Crippen molar-refractivity contribution in [2.45, 2.75) is 13.0 Å². The second-order valence-corrected chi connectivity index (χ2v) is 4.26. The Hall–Kier alpha value is -1.68. The van der Waals surface area contributed by atoms with E-state index in [0.29, 0.717) is 6.04 Å². The predicted octanol–water partition coefficient (Wildman–Crippen LogP) is 1.40. The summed E-state index contributed by atoms with van der Waals surface area (Å²) in [6.45, 7) is 4.08. The van der Waals surface area contributed by atoms with E-state index in [1.54, 1.807) is 0 Å². The van der Waals surface area contributed by atoms with E-state index in [9.17, 15) is 0 Å². The van der Waals surface area contributed by atoms with Crippen molar-refractivity contribution in [1.29, 1.82) is 0 Å². The molecule has 0 bridgehead atoms. The zero-order valence-electron chi connectivity index (χ0n) is 9.22. The van der Waals surface area contributed by atoms with Crippen LogP contribution in [0.2, 0.25) is 0 Å². The van der Waals surface area contributed by atoms with Crippen LogP contribution in [0.25, 0.3) is 11.3 Å². The van der Waals surface area contributed by atoms with E-state index in [1.165, 1.54) is 5.56 Å². The van der Waals surface area contributed by atoms with Gasteiger partial charge in [-0.15, -0.1) is 5.10 Å². The number of benzene rings is 1. The summed E-state index contributed by atoms with van der Waals surface area (Å²) in [6, 6.07) is 8.84. The van der Waals surface area contributed by atoms with Gasteiger partial charge in [0.15, 0.2) is 0 Å². The normalized spacial score (nSPS) is 16.1. The van der Waals surface area contributed by atoms with Gasteiger partial charge in [0.05, 0.1) is 12.2 Å². The predicted molar refractivity (Wildman–Crippen MR) is 62.1 cm³/mol. The summed E-state index contributed by atoms with van der Waals surface area (Å²) in [5.74, 6) is 0. The highest BCUT2D eigenvalue weighted by Crippen LogP contribution is 2.19. The summed E-state index contributed by atoms with van der Waals surface area (Å²) in [5.41, 5.74) is 3.34. The number of hydrogen-bond acceptors (Lipinski definition) is 3. The van der Waals surface area contributed by atoms with Crippen LogP contribution in [-0.2, 0) is 0 Å². The molecule has 1 saturated heterocycles. The molecule has 2 heterocycles. The third-order valence-corrected chi connectivity index (χ3v) is 2.99. The van der Waals surface area contributed by atoms with Gasteiger partial charge < -0.3 is 5.32 Å². The summed E-state index contributed by atoms with van der Waals surface area (Å²) in [5, 5.41) is 11.6. The van der Waals surface area contributed by atoms with Gasteiger partial charge in [0.25, 0.3) is 0 Å². The zero-order valence-corrected chi connectivity index (χ0v) is 9.22. The molecular formula is C12H14N4. The monoisotopic (exact) mass is 214 g/mol. The van der Waals surface area contributed by atoms with Crippen LogP contribution in [0.1, 0.15) is 11.6 Å². The van der Waals surface area contributed by atoms with Crippen LogP contribution in [0.15, 0.2) is 30.5 Å². The van der Waals surface area contributed by atoms with E-state index in [0.717, 1.165) is 24.3 Å². The maximum Gasteiger partial charge on any atom is 0.113 e. The Morgan fingerprint density at radius 1 is 1.25 bits per heavy atom. The topological polar surface area (TPSA) is 42.7 Å². The molecule has 4 heteroatoms. The lowest BCUT2D eigenvalue weighted by Crippen LogP contribution is -2.43. The Balaban J connectivity index is 1.88. The number of nitrogens with zero attached hydrogens (tertiary/aromatic N) is 3. The van der Waals surface area contributed by atoms with Crippen molar-refractivity contribution in [3.8, 4) is 11.3 Å². The smallest absolute Gasteiger partial charge is 0.113 e. The van der Waals surface area contributed by atoms with Gasteiger partial charge in [-0.3, -0.25) is 0 Å². The second kappa shape index (κ2) is 3.72. The lowest BCUT2D eigenvalue weighted by molar-refractivity contribution is 0.313. The van der Waals surface area contributed by atoms with Crippen LogP contribution in [0.4, 0.5) is 0 Å². The van der Waals surface area contributed by atoms with Crippen molar-refractivity contribution in [1.82, 2.24) is 20.3 Å². The maximum atomic E-state index is 4.20. The number of hydrogen-bond donors (Lipinski definition) is 1.